The summed E-state index contributed by atoms with van der Waals surface area (Å²) in [6.45, 7) is 9.69. The first-order valence-electron chi connectivity index (χ1n) is 9.75. The fourth-order valence-electron chi connectivity index (χ4n) is 5.15. The number of imide groups is 1. The molecule has 2 saturated heterocycles. The minimum atomic E-state index is -1.27. The molecule has 0 saturated carbocycles. The second-order valence-corrected chi connectivity index (χ2v) is 9.96. The summed E-state index contributed by atoms with van der Waals surface area (Å²) in [6, 6.07) is 4.93. The second kappa shape index (κ2) is 6.04. The number of fused-ring (bicyclic) bond motifs is 4. The molecule has 0 aliphatic carbocycles. The molecule has 150 valence electrons. The summed E-state index contributed by atoms with van der Waals surface area (Å²) in [4.78, 5) is 41.5. The number of anilines is 1. The summed E-state index contributed by atoms with van der Waals surface area (Å²) in [6.07, 6.45) is 0.698. The van der Waals surface area contributed by atoms with Crippen LogP contribution < -0.4 is 10.6 Å². The molecule has 28 heavy (non-hydrogen) atoms. The van der Waals surface area contributed by atoms with Crippen molar-refractivity contribution in [2.24, 2.45) is 17.8 Å². The molecule has 2 N–H and O–H groups in total. The van der Waals surface area contributed by atoms with Gasteiger partial charge in [0.25, 0.3) is 0 Å². The van der Waals surface area contributed by atoms with Crippen LogP contribution in [0.2, 0.25) is 5.02 Å². The van der Waals surface area contributed by atoms with Gasteiger partial charge in [0, 0.05) is 27.9 Å². The molecular formula is C21H26ClN3O3. The lowest BCUT2D eigenvalue weighted by Gasteiger charge is -2.34. The van der Waals surface area contributed by atoms with E-state index in [1.807, 2.05) is 20.8 Å². The standard InChI is InChI=1S/C21H26ClN3O3/c1-10(2)8-14-15-16(18(27)25(17(15)26)20(3,4)5)21(24-14)12-9-11(22)6-7-13(12)23-19(21)28/h6-7,9-10,14-16,24H,8H2,1-5H3,(H,23,28). The van der Waals surface area contributed by atoms with Gasteiger partial charge in [-0.15, -0.1) is 0 Å². The molecule has 3 heterocycles. The van der Waals surface area contributed by atoms with Gasteiger partial charge in [0.05, 0.1) is 11.8 Å². The van der Waals surface area contributed by atoms with Crippen LogP contribution in [0.1, 0.15) is 46.6 Å². The lowest BCUT2D eigenvalue weighted by atomic mass is 9.76. The van der Waals surface area contributed by atoms with E-state index in [1.54, 1.807) is 18.2 Å². The molecule has 0 aromatic heterocycles. The molecule has 7 heteroatoms. The zero-order valence-electron chi connectivity index (χ0n) is 16.8. The fraction of sp³-hybridized carbons (Fsp3) is 0.571. The van der Waals surface area contributed by atoms with Gasteiger partial charge in [0.1, 0.15) is 5.54 Å². The Morgan fingerprint density at radius 2 is 1.86 bits per heavy atom. The molecule has 0 radical (unpaired) electrons. The molecule has 1 spiro atoms. The molecule has 0 bridgehead atoms. The highest BCUT2D eigenvalue weighted by Gasteiger charge is 2.71. The minimum absolute atomic E-state index is 0.194. The van der Waals surface area contributed by atoms with E-state index in [9.17, 15) is 14.4 Å². The number of hydrogen-bond donors (Lipinski definition) is 2. The summed E-state index contributed by atoms with van der Waals surface area (Å²) in [5.74, 6) is -1.80. The smallest absolute Gasteiger partial charge is 0.250 e. The molecule has 1 aromatic carbocycles. The van der Waals surface area contributed by atoms with Gasteiger partial charge in [-0.1, -0.05) is 25.4 Å². The molecule has 4 rings (SSSR count). The van der Waals surface area contributed by atoms with E-state index in [1.165, 1.54) is 4.90 Å². The summed E-state index contributed by atoms with van der Waals surface area (Å²) in [7, 11) is 0. The molecule has 1 aromatic rings. The number of benzene rings is 1. The maximum absolute atomic E-state index is 13.5. The quantitative estimate of drug-likeness (QED) is 0.744. The minimum Gasteiger partial charge on any atom is -0.324 e. The number of halogens is 1. The number of nitrogens with one attached hydrogen (secondary N) is 2. The van der Waals surface area contributed by atoms with E-state index in [0.717, 1.165) is 0 Å². The van der Waals surface area contributed by atoms with E-state index in [-0.39, 0.29) is 23.8 Å². The van der Waals surface area contributed by atoms with Crippen molar-refractivity contribution in [3.05, 3.63) is 28.8 Å². The van der Waals surface area contributed by atoms with Crippen molar-refractivity contribution >= 4 is 35.0 Å². The maximum Gasteiger partial charge on any atom is 0.250 e. The van der Waals surface area contributed by atoms with Gasteiger partial charge >= 0.3 is 0 Å². The third kappa shape index (κ3) is 2.47. The van der Waals surface area contributed by atoms with Crippen LogP contribution in [-0.2, 0) is 19.9 Å². The number of carbonyl (C=O) groups excluding carboxylic acids is 3. The molecular weight excluding hydrogens is 378 g/mol. The Labute approximate surface area is 170 Å². The maximum atomic E-state index is 13.5. The summed E-state index contributed by atoms with van der Waals surface area (Å²) < 4.78 is 0. The van der Waals surface area contributed by atoms with Gasteiger partial charge in [0.2, 0.25) is 17.7 Å². The molecule has 3 aliphatic rings. The number of hydrogen-bond acceptors (Lipinski definition) is 4. The molecule has 3 aliphatic heterocycles. The monoisotopic (exact) mass is 403 g/mol. The molecule has 2 fully saturated rings. The Bertz CT molecular complexity index is 891. The number of nitrogens with zero attached hydrogens (tertiary/aromatic N) is 1. The third-order valence-electron chi connectivity index (χ3n) is 6.07. The Balaban J connectivity index is 1.91. The van der Waals surface area contributed by atoms with Crippen molar-refractivity contribution in [2.45, 2.75) is 58.2 Å². The van der Waals surface area contributed by atoms with E-state index in [0.29, 0.717) is 28.6 Å². The highest BCUT2D eigenvalue weighted by atomic mass is 35.5. The van der Waals surface area contributed by atoms with Crippen LogP contribution in [0.15, 0.2) is 18.2 Å². The Morgan fingerprint density at radius 3 is 2.46 bits per heavy atom. The van der Waals surface area contributed by atoms with E-state index in [2.05, 4.69) is 24.5 Å². The van der Waals surface area contributed by atoms with Gasteiger partial charge in [0.15, 0.2) is 0 Å². The van der Waals surface area contributed by atoms with Gasteiger partial charge in [-0.05, 0) is 51.3 Å². The molecule has 4 unspecified atom stereocenters. The lowest BCUT2D eigenvalue weighted by molar-refractivity contribution is -0.147. The van der Waals surface area contributed by atoms with E-state index < -0.39 is 22.9 Å². The Hall–Kier alpha value is -1.92. The first kappa shape index (κ1) is 19.4. The van der Waals surface area contributed by atoms with Crippen molar-refractivity contribution in [2.75, 3.05) is 5.32 Å². The summed E-state index contributed by atoms with van der Waals surface area (Å²) in [5.41, 5.74) is -0.616. The largest absolute Gasteiger partial charge is 0.324 e. The second-order valence-electron chi connectivity index (χ2n) is 9.52. The molecule has 3 amide bonds. The number of rotatable bonds is 2. The van der Waals surface area contributed by atoms with E-state index in [4.69, 9.17) is 11.6 Å². The zero-order chi connectivity index (χ0) is 20.6. The first-order chi connectivity index (χ1) is 13.0. The van der Waals surface area contributed by atoms with Crippen LogP contribution in [-0.4, -0.2) is 34.2 Å². The first-order valence-corrected chi connectivity index (χ1v) is 10.1. The van der Waals surface area contributed by atoms with Gasteiger partial charge in [-0.2, -0.15) is 0 Å². The predicted molar refractivity (Wildman–Crippen MR) is 107 cm³/mol. The summed E-state index contributed by atoms with van der Waals surface area (Å²) >= 11 is 6.23. The van der Waals surface area contributed by atoms with Crippen molar-refractivity contribution in [1.82, 2.24) is 10.2 Å². The number of amides is 3. The fourth-order valence-corrected chi connectivity index (χ4v) is 5.32. The highest BCUT2D eigenvalue weighted by Crippen LogP contribution is 2.54. The average Bonchev–Trinajstić information content (AvgIpc) is 3.12. The van der Waals surface area contributed by atoms with Crippen LogP contribution in [0.25, 0.3) is 0 Å². The number of carbonyl (C=O) groups is 3. The van der Waals surface area contributed by atoms with Gasteiger partial charge in [-0.3, -0.25) is 24.6 Å². The zero-order valence-corrected chi connectivity index (χ0v) is 17.6. The predicted octanol–water partition coefficient (Wildman–Crippen LogP) is 2.91. The Morgan fingerprint density at radius 1 is 1.18 bits per heavy atom. The SMILES string of the molecule is CC(C)CC1NC2(C(=O)Nc3ccc(Cl)cc32)C2C(=O)N(C(C)(C)C)C(=O)C12. The van der Waals surface area contributed by atoms with Crippen LogP contribution in [0.5, 0.6) is 0 Å². The Kier molecular flexibility index (Phi) is 4.18. The van der Waals surface area contributed by atoms with Crippen LogP contribution >= 0.6 is 11.6 Å². The third-order valence-corrected chi connectivity index (χ3v) is 6.31. The average molecular weight is 404 g/mol. The van der Waals surface area contributed by atoms with Crippen LogP contribution in [0, 0.1) is 17.8 Å². The molecule has 4 atom stereocenters. The van der Waals surface area contributed by atoms with Crippen molar-refractivity contribution < 1.29 is 14.4 Å². The van der Waals surface area contributed by atoms with Gasteiger partial charge < -0.3 is 5.32 Å². The van der Waals surface area contributed by atoms with Crippen LogP contribution in [0.3, 0.4) is 0 Å². The normalized spacial score (nSPS) is 31.8. The lowest BCUT2D eigenvalue weighted by Crippen LogP contribution is -2.55. The van der Waals surface area contributed by atoms with Crippen molar-refractivity contribution in [1.29, 1.82) is 0 Å². The summed E-state index contributed by atoms with van der Waals surface area (Å²) in [5, 5.41) is 6.81. The van der Waals surface area contributed by atoms with E-state index >= 15 is 0 Å². The highest BCUT2D eigenvalue weighted by molar-refractivity contribution is 6.31. The van der Waals surface area contributed by atoms with Crippen molar-refractivity contribution in [3.63, 3.8) is 0 Å². The topological polar surface area (TPSA) is 78.5 Å². The van der Waals surface area contributed by atoms with Gasteiger partial charge in [-0.25, -0.2) is 0 Å². The van der Waals surface area contributed by atoms with Crippen molar-refractivity contribution in [3.8, 4) is 0 Å². The molecule has 6 nitrogen and oxygen atoms in total. The van der Waals surface area contributed by atoms with Crippen LogP contribution in [0.4, 0.5) is 5.69 Å². The number of likely N-dealkylation sites (tertiary alicyclic amines) is 1.